The molecule has 1 aromatic rings. The smallest absolute Gasteiger partial charge is 0.251 e. The molecule has 0 heterocycles. The second-order valence-electron chi connectivity index (χ2n) is 3.23. The zero-order valence-electron chi connectivity index (χ0n) is 8.64. The topological polar surface area (TPSA) is 87.7 Å². The Bertz CT molecular complexity index is 420. The summed E-state index contributed by atoms with van der Waals surface area (Å²) in [6.45, 7) is 1.61. The largest absolute Gasteiger partial charge is 0.409 e. The van der Waals surface area contributed by atoms with E-state index in [0.29, 0.717) is 10.6 Å². The van der Waals surface area contributed by atoms with Gasteiger partial charge in [0.1, 0.15) is 0 Å². The lowest BCUT2D eigenvalue weighted by atomic mass is 10.2. The van der Waals surface area contributed by atoms with Gasteiger partial charge >= 0.3 is 0 Å². The molecule has 0 bridgehead atoms. The number of benzene rings is 1. The molecule has 0 aromatic heterocycles. The number of rotatable bonds is 3. The average Bonchev–Trinajstić information content (AvgIpc) is 2.27. The summed E-state index contributed by atoms with van der Waals surface area (Å²) in [5, 5.41) is 14.3. The van der Waals surface area contributed by atoms with Gasteiger partial charge in [-0.1, -0.05) is 22.8 Å². The Morgan fingerprint density at radius 2 is 2.31 bits per heavy atom. The highest BCUT2D eigenvalue weighted by Crippen LogP contribution is 2.10. The van der Waals surface area contributed by atoms with E-state index in [-0.39, 0.29) is 11.7 Å². The Kier molecular flexibility index (Phi) is 4.13. The van der Waals surface area contributed by atoms with Crippen molar-refractivity contribution in [3.63, 3.8) is 0 Å². The predicted molar refractivity (Wildman–Crippen MR) is 61.8 cm³/mol. The number of amidine groups is 1. The Labute approximate surface area is 97.9 Å². The van der Waals surface area contributed by atoms with Crippen molar-refractivity contribution in [3.8, 4) is 0 Å². The first kappa shape index (κ1) is 12.3. The zero-order chi connectivity index (χ0) is 12.1. The summed E-state index contributed by atoms with van der Waals surface area (Å²) in [6, 6.07) is 5.96. The maximum absolute atomic E-state index is 11.7. The summed E-state index contributed by atoms with van der Waals surface area (Å²) < 4.78 is 0. The van der Waals surface area contributed by atoms with E-state index in [1.165, 1.54) is 6.07 Å². The second kappa shape index (κ2) is 5.37. The molecule has 1 rings (SSSR count). The number of oxime groups is 1. The number of hydrogen-bond acceptors (Lipinski definition) is 3. The van der Waals surface area contributed by atoms with Crippen molar-refractivity contribution in [1.29, 1.82) is 0 Å². The van der Waals surface area contributed by atoms with Gasteiger partial charge in [0, 0.05) is 10.6 Å². The van der Waals surface area contributed by atoms with Crippen LogP contribution in [-0.2, 0) is 0 Å². The Morgan fingerprint density at radius 1 is 1.62 bits per heavy atom. The average molecular weight is 242 g/mol. The van der Waals surface area contributed by atoms with Crippen LogP contribution in [0.3, 0.4) is 0 Å². The fourth-order valence-electron chi connectivity index (χ4n) is 1.07. The number of amides is 1. The van der Waals surface area contributed by atoms with Crippen LogP contribution in [0.2, 0.25) is 5.02 Å². The van der Waals surface area contributed by atoms with Gasteiger partial charge in [0.25, 0.3) is 5.91 Å². The lowest BCUT2D eigenvalue weighted by Crippen LogP contribution is -2.42. The van der Waals surface area contributed by atoms with E-state index in [9.17, 15) is 4.79 Å². The molecule has 1 atom stereocenters. The summed E-state index contributed by atoms with van der Waals surface area (Å²) in [4.78, 5) is 11.7. The highest BCUT2D eigenvalue weighted by atomic mass is 35.5. The highest BCUT2D eigenvalue weighted by Gasteiger charge is 2.12. The van der Waals surface area contributed by atoms with Crippen LogP contribution in [0.1, 0.15) is 17.3 Å². The van der Waals surface area contributed by atoms with E-state index in [1.54, 1.807) is 25.1 Å². The van der Waals surface area contributed by atoms with E-state index in [2.05, 4.69) is 10.5 Å². The Hall–Kier alpha value is -1.75. The maximum atomic E-state index is 11.7. The molecule has 4 N–H and O–H groups in total. The van der Waals surface area contributed by atoms with Crippen LogP contribution in [0.5, 0.6) is 0 Å². The molecule has 0 spiro atoms. The van der Waals surface area contributed by atoms with Crippen molar-refractivity contribution in [2.75, 3.05) is 0 Å². The molecular formula is C10H12ClN3O2. The van der Waals surface area contributed by atoms with Crippen LogP contribution in [0.15, 0.2) is 29.4 Å². The number of nitrogens with zero attached hydrogens (tertiary/aromatic N) is 1. The third-order valence-corrected chi connectivity index (χ3v) is 2.23. The fourth-order valence-corrected chi connectivity index (χ4v) is 1.26. The molecule has 1 unspecified atom stereocenters. The van der Waals surface area contributed by atoms with Crippen molar-refractivity contribution in [2.24, 2.45) is 10.9 Å². The number of nitrogens with one attached hydrogen (secondary N) is 1. The molecular weight excluding hydrogens is 230 g/mol. The van der Waals surface area contributed by atoms with Crippen molar-refractivity contribution in [3.05, 3.63) is 34.9 Å². The van der Waals surface area contributed by atoms with Crippen molar-refractivity contribution in [2.45, 2.75) is 13.0 Å². The number of carbonyl (C=O) groups excluding carboxylic acids is 1. The van der Waals surface area contributed by atoms with Crippen LogP contribution < -0.4 is 11.1 Å². The van der Waals surface area contributed by atoms with Gasteiger partial charge < -0.3 is 16.3 Å². The minimum atomic E-state index is -0.545. The highest BCUT2D eigenvalue weighted by molar-refractivity contribution is 6.30. The van der Waals surface area contributed by atoms with E-state index >= 15 is 0 Å². The van der Waals surface area contributed by atoms with Crippen molar-refractivity contribution < 1.29 is 10.0 Å². The van der Waals surface area contributed by atoms with Gasteiger partial charge in [-0.2, -0.15) is 0 Å². The van der Waals surface area contributed by atoms with E-state index < -0.39 is 6.04 Å². The molecule has 0 aliphatic rings. The summed E-state index contributed by atoms with van der Waals surface area (Å²) in [5.41, 5.74) is 5.75. The summed E-state index contributed by atoms with van der Waals surface area (Å²) in [6.07, 6.45) is 0. The normalized spacial score (nSPS) is 13.2. The van der Waals surface area contributed by atoms with Crippen molar-refractivity contribution >= 4 is 23.3 Å². The van der Waals surface area contributed by atoms with Crippen LogP contribution >= 0.6 is 11.6 Å². The van der Waals surface area contributed by atoms with Gasteiger partial charge in [0.15, 0.2) is 5.84 Å². The Balaban J connectivity index is 2.73. The quantitative estimate of drug-likeness (QED) is 0.322. The SMILES string of the molecule is CC(NC(=O)c1cccc(Cl)c1)/C(N)=N/O. The summed E-state index contributed by atoms with van der Waals surface area (Å²) in [5.74, 6) is -0.392. The van der Waals surface area contributed by atoms with E-state index in [4.69, 9.17) is 22.5 Å². The lowest BCUT2D eigenvalue weighted by molar-refractivity contribution is 0.0948. The molecule has 16 heavy (non-hydrogen) atoms. The molecule has 0 saturated carbocycles. The van der Waals surface area contributed by atoms with Gasteiger partial charge in [-0.15, -0.1) is 0 Å². The van der Waals surface area contributed by atoms with Crippen LogP contribution in [-0.4, -0.2) is 23.0 Å². The third-order valence-electron chi connectivity index (χ3n) is 1.99. The minimum absolute atomic E-state index is 0.0598. The molecule has 0 radical (unpaired) electrons. The zero-order valence-corrected chi connectivity index (χ0v) is 9.40. The summed E-state index contributed by atoms with van der Waals surface area (Å²) >= 11 is 5.75. The predicted octanol–water partition coefficient (Wildman–Crippen LogP) is 1.20. The molecule has 1 amide bonds. The van der Waals surface area contributed by atoms with E-state index in [0.717, 1.165) is 0 Å². The number of nitrogens with two attached hydrogens (primary N) is 1. The fraction of sp³-hybridized carbons (Fsp3) is 0.200. The number of carbonyl (C=O) groups is 1. The summed E-state index contributed by atoms with van der Waals surface area (Å²) in [7, 11) is 0. The molecule has 0 aliphatic heterocycles. The maximum Gasteiger partial charge on any atom is 0.251 e. The van der Waals surface area contributed by atoms with E-state index in [1.807, 2.05) is 0 Å². The van der Waals surface area contributed by atoms with Crippen LogP contribution in [0.25, 0.3) is 0 Å². The standard InChI is InChI=1S/C10H12ClN3O2/c1-6(9(12)14-16)13-10(15)7-3-2-4-8(11)5-7/h2-6,16H,1H3,(H2,12,14)(H,13,15). The molecule has 0 aliphatic carbocycles. The van der Waals surface area contributed by atoms with Gasteiger partial charge in [-0.3, -0.25) is 4.79 Å². The van der Waals surface area contributed by atoms with Gasteiger partial charge in [0.2, 0.25) is 0 Å². The van der Waals surface area contributed by atoms with Gasteiger partial charge in [-0.05, 0) is 25.1 Å². The molecule has 1 aromatic carbocycles. The Morgan fingerprint density at radius 3 is 2.88 bits per heavy atom. The monoisotopic (exact) mass is 241 g/mol. The second-order valence-corrected chi connectivity index (χ2v) is 3.67. The number of hydrogen-bond donors (Lipinski definition) is 3. The molecule has 0 fully saturated rings. The minimum Gasteiger partial charge on any atom is -0.409 e. The lowest BCUT2D eigenvalue weighted by Gasteiger charge is -2.12. The molecule has 5 nitrogen and oxygen atoms in total. The number of halogens is 1. The van der Waals surface area contributed by atoms with Crippen molar-refractivity contribution in [1.82, 2.24) is 5.32 Å². The first-order valence-corrected chi connectivity index (χ1v) is 4.96. The van der Waals surface area contributed by atoms with Gasteiger partial charge in [0.05, 0.1) is 6.04 Å². The molecule has 6 heteroatoms. The van der Waals surface area contributed by atoms with Crippen LogP contribution in [0.4, 0.5) is 0 Å². The third kappa shape index (κ3) is 3.13. The first-order chi connectivity index (χ1) is 7.54. The van der Waals surface area contributed by atoms with Crippen LogP contribution in [0, 0.1) is 0 Å². The first-order valence-electron chi connectivity index (χ1n) is 4.58. The molecule has 86 valence electrons. The molecule has 0 saturated heterocycles. The van der Waals surface area contributed by atoms with Gasteiger partial charge in [-0.25, -0.2) is 0 Å².